The second-order valence-electron chi connectivity index (χ2n) is 13.7. The van der Waals surface area contributed by atoms with Gasteiger partial charge in [0.2, 0.25) is 0 Å². The van der Waals surface area contributed by atoms with Gasteiger partial charge in [0.1, 0.15) is 0 Å². The SMILES string of the molecule is c1ccc(-c2cc(-c3cccc(-n4c5ccccc5c5c6ccncc6c6c(c7ccccc7n6-c6ccccc6)c54)c3)nc(-c3ccccc3)n2)cc1. The average Bonchev–Trinajstić information content (AvgIpc) is 3.79. The van der Waals surface area contributed by atoms with Crippen molar-refractivity contribution in [3.63, 3.8) is 0 Å². The van der Waals surface area contributed by atoms with E-state index >= 15 is 0 Å². The van der Waals surface area contributed by atoms with E-state index in [1.165, 1.54) is 32.4 Å². The molecule has 0 saturated carbocycles. The summed E-state index contributed by atoms with van der Waals surface area (Å²) in [4.78, 5) is 14.9. The largest absolute Gasteiger partial charge is 0.308 e. The summed E-state index contributed by atoms with van der Waals surface area (Å²) in [6.45, 7) is 0. The number of nitrogens with zero attached hydrogens (tertiary/aromatic N) is 5. The van der Waals surface area contributed by atoms with Crippen molar-refractivity contribution in [3.8, 4) is 45.3 Å². The highest BCUT2D eigenvalue weighted by Crippen LogP contribution is 2.46. The topological polar surface area (TPSA) is 48.5 Å². The second kappa shape index (κ2) is 12.1. The Hall–Kier alpha value is -7.37. The summed E-state index contributed by atoms with van der Waals surface area (Å²) in [6.07, 6.45) is 3.95. The maximum absolute atomic E-state index is 5.18. The maximum atomic E-state index is 5.18. The van der Waals surface area contributed by atoms with E-state index in [-0.39, 0.29) is 0 Å². The molecule has 7 aromatic carbocycles. The molecule has 0 aliphatic heterocycles. The lowest BCUT2D eigenvalue weighted by molar-refractivity contribution is 1.17. The van der Waals surface area contributed by atoms with Gasteiger partial charge in [-0.1, -0.05) is 127 Å². The molecule has 252 valence electrons. The highest BCUT2D eigenvalue weighted by molar-refractivity contribution is 6.36. The van der Waals surface area contributed by atoms with E-state index in [0.29, 0.717) is 5.82 Å². The molecule has 11 rings (SSSR count). The minimum atomic E-state index is 0.699. The number of rotatable bonds is 5. The molecule has 0 unspecified atom stereocenters. The maximum Gasteiger partial charge on any atom is 0.160 e. The molecule has 0 spiro atoms. The molecule has 0 N–H and O–H groups in total. The zero-order chi connectivity index (χ0) is 35.6. The third-order valence-corrected chi connectivity index (χ3v) is 10.6. The number of pyridine rings is 1. The number of benzene rings is 7. The first-order valence-electron chi connectivity index (χ1n) is 18.2. The van der Waals surface area contributed by atoms with Crippen molar-refractivity contribution < 1.29 is 0 Å². The average molecular weight is 690 g/mol. The Balaban J connectivity index is 1.25. The summed E-state index contributed by atoms with van der Waals surface area (Å²) in [5.74, 6) is 0.699. The van der Waals surface area contributed by atoms with Crippen LogP contribution >= 0.6 is 0 Å². The van der Waals surface area contributed by atoms with Crippen molar-refractivity contribution in [1.29, 1.82) is 0 Å². The lowest BCUT2D eigenvalue weighted by Gasteiger charge is -2.14. The molecule has 11 aromatic rings. The third-order valence-electron chi connectivity index (χ3n) is 10.6. The Labute approximate surface area is 311 Å². The van der Waals surface area contributed by atoms with Gasteiger partial charge in [-0.15, -0.1) is 0 Å². The monoisotopic (exact) mass is 689 g/mol. The lowest BCUT2D eigenvalue weighted by Crippen LogP contribution is -1.98. The molecule has 54 heavy (non-hydrogen) atoms. The standard InChI is InChI=1S/C49H31N5/c1-4-15-32(16-5-1)41-30-42(52-49(51-41)33-17-6-2-7-18-33)34-19-14-22-36(29-34)54-43-25-12-10-23-38(43)45-37-27-28-50-31-40(37)47-46(48(45)54)39-24-11-13-26-44(39)53(47)35-20-8-3-9-21-35/h1-31H. The van der Waals surface area contributed by atoms with Crippen LogP contribution in [0.2, 0.25) is 0 Å². The normalized spacial score (nSPS) is 11.7. The second-order valence-corrected chi connectivity index (χ2v) is 13.7. The molecule has 5 nitrogen and oxygen atoms in total. The van der Waals surface area contributed by atoms with Gasteiger partial charge >= 0.3 is 0 Å². The molecule has 0 saturated heterocycles. The van der Waals surface area contributed by atoms with Gasteiger partial charge in [-0.25, -0.2) is 9.97 Å². The number of hydrogen-bond acceptors (Lipinski definition) is 3. The summed E-state index contributed by atoms with van der Waals surface area (Å²) >= 11 is 0. The van der Waals surface area contributed by atoms with Gasteiger partial charge in [-0.2, -0.15) is 0 Å². The van der Waals surface area contributed by atoms with Gasteiger partial charge in [-0.3, -0.25) is 4.98 Å². The van der Waals surface area contributed by atoms with Crippen LogP contribution in [0.25, 0.3) is 99.7 Å². The van der Waals surface area contributed by atoms with Gasteiger partial charge in [-0.05, 0) is 53.9 Å². The molecule has 0 aliphatic rings. The molecule has 0 bridgehead atoms. The van der Waals surface area contributed by atoms with Crippen molar-refractivity contribution in [2.75, 3.05) is 0 Å². The predicted octanol–water partition coefficient (Wildman–Crippen LogP) is 12.2. The van der Waals surface area contributed by atoms with Crippen LogP contribution in [-0.4, -0.2) is 24.1 Å². The highest BCUT2D eigenvalue weighted by Gasteiger charge is 2.24. The van der Waals surface area contributed by atoms with Gasteiger partial charge in [0.05, 0.1) is 33.5 Å². The van der Waals surface area contributed by atoms with Gasteiger partial charge in [0, 0.05) is 67.4 Å². The van der Waals surface area contributed by atoms with Crippen LogP contribution < -0.4 is 0 Å². The molecular weight excluding hydrogens is 659 g/mol. The molecule has 0 atom stereocenters. The van der Waals surface area contributed by atoms with Crippen LogP contribution in [0, 0.1) is 0 Å². The Morgan fingerprint density at radius 2 is 0.926 bits per heavy atom. The minimum absolute atomic E-state index is 0.699. The van der Waals surface area contributed by atoms with Crippen LogP contribution in [0.1, 0.15) is 0 Å². The van der Waals surface area contributed by atoms with E-state index in [2.05, 4.69) is 161 Å². The Morgan fingerprint density at radius 3 is 1.65 bits per heavy atom. The van der Waals surface area contributed by atoms with Gasteiger partial charge in [0.15, 0.2) is 5.82 Å². The van der Waals surface area contributed by atoms with Crippen LogP contribution in [-0.2, 0) is 0 Å². The van der Waals surface area contributed by atoms with Crippen molar-refractivity contribution in [2.45, 2.75) is 0 Å². The zero-order valence-corrected chi connectivity index (χ0v) is 29.1. The molecular formula is C49H31N5. The molecule has 0 aliphatic carbocycles. The molecule has 4 aromatic heterocycles. The van der Waals surface area contributed by atoms with E-state index in [4.69, 9.17) is 15.0 Å². The van der Waals surface area contributed by atoms with E-state index in [1.807, 2.05) is 36.7 Å². The third kappa shape index (κ3) is 4.62. The van der Waals surface area contributed by atoms with Crippen LogP contribution in [0.3, 0.4) is 0 Å². The van der Waals surface area contributed by atoms with Crippen molar-refractivity contribution in [1.82, 2.24) is 24.1 Å². The first-order chi connectivity index (χ1) is 26.8. The van der Waals surface area contributed by atoms with E-state index in [1.54, 1.807) is 0 Å². The fraction of sp³-hybridized carbons (Fsp3) is 0. The summed E-state index contributed by atoms with van der Waals surface area (Å²) < 4.78 is 4.86. The fourth-order valence-corrected chi connectivity index (χ4v) is 8.27. The molecule has 0 radical (unpaired) electrons. The highest BCUT2D eigenvalue weighted by atomic mass is 15.0. The van der Waals surface area contributed by atoms with Crippen molar-refractivity contribution >= 4 is 54.4 Å². The smallest absolute Gasteiger partial charge is 0.160 e. The number of para-hydroxylation sites is 3. The van der Waals surface area contributed by atoms with Crippen LogP contribution in [0.4, 0.5) is 0 Å². The van der Waals surface area contributed by atoms with Gasteiger partial charge < -0.3 is 9.13 Å². The molecule has 5 heteroatoms. The number of aromatic nitrogens is 5. The molecule has 0 fully saturated rings. The van der Waals surface area contributed by atoms with E-state index < -0.39 is 0 Å². The van der Waals surface area contributed by atoms with E-state index in [9.17, 15) is 0 Å². The van der Waals surface area contributed by atoms with Crippen LogP contribution in [0.15, 0.2) is 188 Å². The molecule has 4 heterocycles. The molecule has 0 amide bonds. The Kier molecular flexibility index (Phi) is 6.79. The predicted molar refractivity (Wildman–Crippen MR) is 222 cm³/mol. The van der Waals surface area contributed by atoms with E-state index in [0.717, 1.165) is 61.4 Å². The summed E-state index contributed by atoms with van der Waals surface area (Å²) in [5.41, 5.74) is 11.6. The summed E-state index contributed by atoms with van der Waals surface area (Å²) in [7, 11) is 0. The lowest BCUT2D eigenvalue weighted by atomic mass is 10.0. The first kappa shape index (κ1) is 30.3. The number of hydrogen-bond donors (Lipinski definition) is 0. The fourth-order valence-electron chi connectivity index (χ4n) is 8.27. The Bertz CT molecular complexity index is 3140. The first-order valence-corrected chi connectivity index (χ1v) is 18.2. The van der Waals surface area contributed by atoms with Crippen LogP contribution in [0.5, 0.6) is 0 Å². The van der Waals surface area contributed by atoms with Crippen molar-refractivity contribution in [3.05, 3.63) is 188 Å². The number of fused-ring (bicyclic) bond motifs is 10. The summed E-state index contributed by atoms with van der Waals surface area (Å²) in [6, 6.07) is 61.8. The summed E-state index contributed by atoms with van der Waals surface area (Å²) in [5, 5.41) is 7.12. The zero-order valence-electron chi connectivity index (χ0n) is 29.1. The Morgan fingerprint density at radius 1 is 0.370 bits per heavy atom. The quantitative estimate of drug-likeness (QED) is 0.181. The van der Waals surface area contributed by atoms with Gasteiger partial charge in [0.25, 0.3) is 0 Å². The minimum Gasteiger partial charge on any atom is -0.308 e. The van der Waals surface area contributed by atoms with Crippen molar-refractivity contribution in [2.24, 2.45) is 0 Å².